The summed E-state index contributed by atoms with van der Waals surface area (Å²) in [6.45, 7) is 7.39. The zero-order valence-electron chi connectivity index (χ0n) is 21.6. The first-order chi connectivity index (χ1) is 17.5. The van der Waals surface area contributed by atoms with Crippen molar-refractivity contribution >= 4 is 23.0 Å². The van der Waals surface area contributed by atoms with Crippen LogP contribution in [-0.2, 0) is 16.1 Å². The number of benzene rings is 3. The summed E-state index contributed by atoms with van der Waals surface area (Å²) in [6, 6.07) is 27.1. The smallest absolute Gasteiger partial charge is 0.306 e. The third-order valence-electron chi connectivity index (χ3n) is 7.85. The molecule has 5 heteroatoms. The fraction of sp³-hybridized carbons (Fsp3) is 0.387. The number of ether oxygens (including phenoxy) is 1. The summed E-state index contributed by atoms with van der Waals surface area (Å²) in [7, 11) is 1.46. The largest absolute Gasteiger partial charge is 0.469 e. The number of carbonyl (C=O) groups excluding carboxylic acids is 1. The summed E-state index contributed by atoms with van der Waals surface area (Å²) in [5, 5.41) is 3.70. The molecule has 3 atom stereocenters. The monoisotopic (exact) mass is 483 g/mol. The molecule has 0 saturated carbocycles. The Balaban J connectivity index is 1.39. The van der Waals surface area contributed by atoms with Gasteiger partial charge >= 0.3 is 5.97 Å². The van der Waals surface area contributed by atoms with Crippen LogP contribution < -0.4 is 10.2 Å². The van der Waals surface area contributed by atoms with Crippen molar-refractivity contribution in [1.82, 2.24) is 4.90 Å². The lowest BCUT2D eigenvalue weighted by molar-refractivity contribution is -0.141. The molecule has 2 aliphatic rings. The van der Waals surface area contributed by atoms with Crippen LogP contribution in [0.25, 0.3) is 0 Å². The highest BCUT2D eigenvalue weighted by Crippen LogP contribution is 2.41. The molecule has 3 aromatic carbocycles. The number of carbonyl (C=O) groups is 1. The minimum absolute atomic E-state index is 0.140. The van der Waals surface area contributed by atoms with Gasteiger partial charge in [0.05, 0.1) is 24.9 Å². The molecule has 0 spiro atoms. The minimum Gasteiger partial charge on any atom is -0.469 e. The summed E-state index contributed by atoms with van der Waals surface area (Å²) in [5.41, 5.74) is 7.25. The summed E-state index contributed by atoms with van der Waals surface area (Å²) < 4.78 is 4.96. The molecule has 5 nitrogen and oxygen atoms in total. The van der Waals surface area contributed by atoms with E-state index in [1.165, 1.54) is 35.9 Å². The van der Waals surface area contributed by atoms with Gasteiger partial charge in [0.2, 0.25) is 0 Å². The Hall–Kier alpha value is -3.31. The molecule has 1 unspecified atom stereocenters. The van der Waals surface area contributed by atoms with Crippen molar-refractivity contribution in [2.24, 2.45) is 0 Å². The molecule has 2 heterocycles. The highest BCUT2D eigenvalue weighted by Gasteiger charge is 2.43. The molecular weight excluding hydrogens is 446 g/mol. The Kier molecular flexibility index (Phi) is 7.28. The number of nitrogens with one attached hydrogen (secondary N) is 1. The van der Waals surface area contributed by atoms with Gasteiger partial charge in [0.15, 0.2) is 0 Å². The first kappa shape index (κ1) is 24.4. The Morgan fingerprint density at radius 2 is 1.81 bits per heavy atom. The van der Waals surface area contributed by atoms with Gasteiger partial charge in [0.1, 0.15) is 0 Å². The molecule has 0 radical (unpaired) electrons. The number of nitrogens with zero attached hydrogens (tertiary/aromatic N) is 2. The van der Waals surface area contributed by atoms with E-state index in [0.29, 0.717) is 18.5 Å². The number of methoxy groups -OCH3 is 1. The van der Waals surface area contributed by atoms with Crippen LogP contribution in [-0.4, -0.2) is 43.2 Å². The van der Waals surface area contributed by atoms with E-state index in [-0.39, 0.29) is 11.9 Å². The maximum absolute atomic E-state index is 12.0. The van der Waals surface area contributed by atoms with Crippen LogP contribution in [0.3, 0.4) is 0 Å². The number of esters is 1. The van der Waals surface area contributed by atoms with Gasteiger partial charge in [-0.1, -0.05) is 61.0 Å². The van der Waals surface area contributed by atoms with Gasteiger partial charge in [0, 0.05) is 37.4 Å². The Morgan fingerprint density at radius 1 is 1.03 bits per heavy atom. The van der Waals surface area contributed by atoms with Crippen LogP contribution >= 0.6 is 0 Å². The number of hydrogen-bond donors (Lipinski definition) is 1. The first-order valence-electron chi connectivity index (χ1n) is 13.1. The lowest BCUT2D eigenvalue weighted by Gasteiger charge is -2.37. The highest BCUT2D eigenvalue weighted by molar-refractivity contribution is 5.78. The Morgan fingerprint density at radius 3 is 2.47 bits per heavy atom. The van der Waals surface area contributed by atoms with Gasteiger partial charge in [-0.05, 0) is 61.1 Å². The van der Waals surface area contributed by atoms with Crippen LogP contribution in [0.1, 0.15) is 48.8 Å². The molecule has 3 aromatic rings. The summed E-state index contributed by atoms with van der Waals surface area (Å²) in [6.07, 6.45) is 2.50. The van der Waals surface area contributed by atoms with E-state index in [0.717, 1.165) is 37.4 Å². The van der Waals surface area contributed by atoms with Gasteiger partial charge in [-0.25, -0.2) is 0 Å². The van der Waals surface area contributed by atoms with Gasteiger partial charge in [-0.2, -0.15) is 0 Å². The van der Waals surface area contributed by atoms with E-state index in [1.54, 1.807) is 0 Å². The SMILES string of the molecule is CCC(CC(=O)OC)c1ccc(N2C[C@@H]3C[C@H]2CN3Cc2ccccc2)c(Nc2ccc(C)cc2)c1. The second-order valence-electron chi connectivity index (χ2n) is 10.3. The van der Waals surface area contributed by atoms with E-state index >= 15 is 0 Å². The molecule has 188 valence electrons. The third-order valence-corrected chi connectivity index (χ3v) is 7.85. The minimum atomic E-state index is -0.158. The van der Waals surface area contributed by atoms with Crippen molar-refractivity contribution in [3.63, 3.8) is 0 Å². The van der Waals surface area contributed by atoms with Crippen molar-refractivity contribution in [3.8, 4) is 0 Å². The van der Waals surface area contributed by atoms with E-state index in [1.807, 2.05) is 0 Å². The van der Waals surface area contributed by atoms with Crippen LogP contribution in [0.15, 0.2) is 72.8 Å². The Labute approximate surface area is 215 Å². The predicted molar refractivity (Wildman–Crippen MR) is 147 cm³/mol. The van der Waals surface area contributed by atoms with Gasteiger partial charge in [-0.3, -0.25) is 9.69 Å². The van der Waals surface area contributed by atoms with Gasteiger partial charge in [-0.15, -0.1) is 0 Å². The summed E-state index contributed by atoms with van der Waals surface area (Å²) in [4.78, 5) is 17.3. The lowest BCUT2D eigenvalue weighted by Crippen LogP contribution is -2.46. The number of piperazine rings is 1. The molecular formula is C31H37N3O2. The Bertz CT molecular complexity index is 1180. The number of anilines is 3. The molecule has 5 rings (SSSR count). The number of fused-ring (bicyclic) bond motifs is 2. The maximum atomic E-state index is 12.0. The fourth-order valence-corrected chi connectivity index (χ4v) is 5.79. The predicted octanol–water partition coefficient (Wildman–Crippen LogP) is 6.26. The third kappa shape index (κ3) is 5.26. The topological polar surface area (TPSA) is 44.8 Å². The number of hydrogen-bond acceptors (Lipinski definition) is 5. The molecule has 2 bridgehead atoms. The van der Waals surface area contributed by atoms with Crippen LogP contribution in [0.4, 0.5) is 17.1 Å². The molecule has 0 amide bonds. The summed E-state index contributed by atoms with van der Waals surface area (Å²) in [5.74, 6) is -0.0178. The first-order valence-corrected chi connectivity index (χ1v) is 13.1. The maximum Gasteiger partial charge on any atom is 0.306 e. The molecule has 2 aliphatic heterocycles. The van der Waals surface area contributed by atoms with Crippen molar-refractivity contribution in [2.45, 2.75) is 57.7 Å². The van der Waals surface area contributed by atoms with E-state index in [2.05, 4.69) is 102 Å². The second-order valence-corrected chi connectivity index (χ2v) is 10.3. The number of likely N-dealkylation sites (tertiary alicyclic amines) is 1. The van der Waals surface area contributed by atoms with Crippen LogP contribution in [0.2, 0.25) is 0 Å². The molecule has 1 N–H and O–H groups in total. The van der Waals surface area contributed by atoms with Gasteiger partial charge in [0.25, 0.3) is 0 Å². The normalized spacial score (nSPS) is 19.9. The van der Waals surface area contributed by atoms with Gasteiger partial charge < -0.3 is 15.0 Å². The zero-order valence-corrected chi connectivity index (χ0v) is 21.6. The second kappa shape index (κ2) is 10.8. The van der Waals surface area contributed by atoms with Crippen molar-refractivity contribution in [2.75, 3.05) is 30.4 Å². The fourth-order valence-electron chi connectivity index (χ4n) is 5.79. The molecule has 0 aliphatic carbocycles. The number of aryl methyl sites for hydroxylation is 1. The molecule has 0 aromatic heterocycles. The molecule has 2 fully saturated rings. The van der Waals surface area contributed by atoms with Crippen molar-refractivity contribution in [1.29, 1.82) is 0 Å². The van der Waals surface area contributed by atoms with E-state index in [9.17, 15) is 4.79 Å². The standard InChI is InChI=1S/C31H37N3O2/c1-4-24(17-31(35)36-3)25-12-15-30(29(16-25)32-26-13-10-22(2)11-14-26)34-21-27-18-28(34)20-33(27)19-23-8-6-5-7-9-23/h5-16,24,27-28,32H,4,17-21H2,1-3H3/t24?,27-,28-/m0/s1. The quantitative estimate of drug-likeness (QED) is 0.364. The highest BCUT2D eigenvalue weighted by atomic mass is 16.5. The average Bonchev–Trinajstić information content (AvgIpc) is 3.49. The van der Waals surface area contributed by atoms with E-state index < -0.39 is 0 Å². The van der Waals surface area contributed by atoms with Crippen molar-refractivity contribution in [3.05, 3.63) is 89.5 Å². The van der Waals surface area contributed by atoms with Crippen LogP contribution in [0, 0.1) is 6.92 Å². The lowest BCUT2D eigenvalue weighted by atomic mass is 9.92. The number of rotatable bonds is 9. The zero-order chi connectivity index (χ0) is 25.1. The summed E-state index contributed by atoms with van der Waals surface area (Å²) >= 11 is 0. The van der Waals surface area contributed by atoms with E-state index in [4.69, 9.17) is 4.74 Å². The average molecular weight is 484 g/mol. The molecule has 2 saturated heterocycles. The van der Waals surface area contributed by atoms with Crippen molar-refractivity contribution < 1.29 is 9.53 Å². The van der Waals surface area contributed by atoms with Crippen LogP contribution in [0.5, 0.6) is 0 Å². The molecule has 36 heavy (non-hydrogen) atoms.